The van der Waals surface area contributed by atoms with Gasteiger partial charge in [-0.15, -0.1) is 0 Å². The number of aromatic carboxylic acids is 1. The number of carboxylic acids is 1. The number of pyridine rings is 1. The Morgan fingerprint density at radius 3 is 2.90 bits per heavy atom. The topological polar surface area (TPSA) is 72.4 Å². The highest BCUT2D eigenvalue weighted by atomic mass is 16.4. The minimum absolute atomic E-state index is 0.0726. The predicted molar refractivity (Wildman–Crippen MR) is 72.2 cm³/mol. The third-order valence-electron chi connectivity index (χ3n) is 3.76. The first kappa shape index (κ1) is 12.7. The highest BCUT2D eigenvalue weighted by Gasteiger charge is 2.18. The summed E-state index contributed by atoms with van der Waals surface area (Å²) >= 11 is 0. The SMILES string of the molecule is Cc1oc(Cn2c3c(ccc2=O)CCC3)cc1C(=O)O. The van der Waals surface area contributed by atoms with Gasteiger partial charge in [0.05, 0.1) is 6.54 Å². The number of hydrogen-bond acceptors (Lipinski definition) is 3. The summed E-state index contributed by atoms with van der Waals surface area (Å²) in [5, 5.41) is 9.03. The molecule has 0 amide bonds. The smallest absolute Gasteiger partial charge is 0.339 e. The number of aromatic nitrogens is 1. The van der Waals surface area contributed by atoms with Crippen molar-refractivity contribution in [3.8, 4) is 0 Å². The molecule has 0 aromatic carbocycles. The minimum Gasteiger partial charge on any atom is -0.478 e. The van der Waals surface area contributed by atoms with Crippen LogP contribution in [0.15, 0.2) is 27.4 Å². The molecule has 2 heterocycles. The number of carbonyl (C=O) groups is 1. The maximum Gasteiger partial charge on any atom is 0.339 e. The number of nitrogens with zero attached hydrogens (tertiary/aromatic N) is 1. The Bertz CT molecular complexity index is 739. The number of rotatable bonds is 3. The molecule has 2 aromatic rings. The molecule has 5 heteroatoms. The maximum absolute atomic E-state index is 12.0. The van der Waals surface area contributed by atoms with Crippen LogP contribution in [0.25, 0.3) is 0 Å². The van der Waals surface area contributed by atoms with E-state index in [-0.39, 0.29) is 17.7 Å². The number of carboxylic acid groups (broad SMARTS) is 1. The molecule has 0 atom stereocenters. The van der Waals surface area contributed by atoms with Gasteiger partial charge >= 0.3 is 5.97 Å². The average molecular weight is 273 g/mol. The van der Waals surface area contributed by atoms with Crippen molar-refractivity contribution in [1.29, 1.82) is 0 Å². The second-order valence-corrected chi connectivity index (χ2v) is 5.07. The zero-order valence-electron chi connectivity index (χ0n) is 11.2. The van der Waals surface area contributed by atoms with Gasteiger partial charge in [0.25, 0.3) is 5.56 Å². The van der Waals surface area contributed by atoms with Gasteiger partial charge in [-0.2, -0.15) is 0 Å². The van der Waals surface area contributed by atoms with Crippen LogP contribution in [0.3, 0.4) is 0 Å². The summed E-state index contributed by atoms with van der Waals surface area (Å²) in [6.07, 6.45) is 2.93. The number of fused-ring (bicyclic) bond motifs is 1. The lowest BCUT2D eigenvalue weighted by Crippen LogP contribution is -2.23. The Morgan fingerprint density at radius 2 is 2.20 bits per heavy atom. The molecule has 1 aliphatic carbocycles. The average Bonchev–Trinajstić information content (AvgIpc) is 2.99. The van der Waals surface area contributed by atoms with Crippen LogP contribution in [-0.4, -0.2) is 15.6 Å². The molecule has 3 rings (SSSR count). The van der Waals surface area contributed by atoms with Crippen molar-refractivity contribution in [1.82, 2.24) is 4.57 Å². The first-order valence-corrected chi connectivity index (χ1v) is 6.60. The van der Waals surface area contributed by atoms with E-state index in [1.165, 1.54) is 11.6 Å². The van der Waals surface area contributed by atoms with Gasteiger partial charge in [-0.1, -0.05) is 6.07 Å². The Balaban J connectivity index is 2.00. The third kappa shape index (κ3) is 2.05. The molecular weight excluding hydrogens is 258 g/mol. The summed E-state index contributed by atoms with van der Waals surface area (Å²) in [5.74, 6) is -0.140. The molecule has 0 radical (unpaired) electrons. The number of hydrogen-bond donors (Lipinski definition) is 1. The Morgan fingerprint density at radius 1 is 1.40 bits per heavy atom. The second kappa shape index (κ2) is 4.67. The van der Waals surface area contributed by atoms with Gasteiger partial charge in [0.1, 0.15) is 17.1 Å². The lowest BCUT2D eigenvalue weighted by Gasteiger charge is -2.10. The van der Waals surface area contributed by atoms with Gasteiger partial charge in [-0.05, 0) is 37.8 Å². The van der Waals surface area contributed by atoms with Gasteiger partial charge in [0.15, 0.2) is 0 Å². The Hall–Kier alpha value is -2.30. The van der Waals surface area contributed by atoms with Gasteiger partial charge in [0, 0.05) is 11.8 Å². The lowest BCUT2D eigenvalue weighted by molar-refractivity contribution is 0.0695. The van der Waals surface area contributed by atoms with Crippen molar-refractivity contribution in [3.05, 3.63) is 56.9 Å². The fourth-order valence-electron chi connectivity index (χ4n) is 2.80. The summed E-state index contributed by atoms with van der Waals surface area (Å²) < 4.78 is 7.14. The summed E-state index contributed by atoms with van der Waals surface area (Å²) in [5.41, 5.74) is 2.33. The van der Waals surface area contributed by atoms with Crippen molar-refractivity contribution in [2.24, 2.45) is 0 Å². The molecule has 5 nitrogen and oxygen atoms in total. The van der Waals surface area contributed by atoms with Crippen LogP contribution < -0.4 is 5.56 Å². The quantitative estimate of drug-likeness (QED) is 0.928. The molecular formula is C15H15NO4. The molecule has 1 N–H and O–H groups in total. The summed E-state index contributed by atoms with van der Waals surface area (Å²) in [4.78, 5) is 23.0. The van der Waals surface area contributed by atoms with E-state index in [1.54, 1.807) is 17.6 Å². The molecule has 2 aromatic heterocycles. The fraction of sp³-hybridized carbons (Fsp3) is 0.333. The maximum atomic E-state index is 12.0. The van der Waals surface area contributed by atoms with E-state index < -0.39 is 5.97 Å². The van der Waals surface area contributed by atoms with Crippen molar-refractivity contribution in [2.75, 3.05) is 0 Å². The highest BCUT2D eigenvalue weighted by Crippen LogP contribution is 2.22. The van der Waals surface area contributed by atoms with Crippen LogP contribution in [0, 0.1) is 6.92 Å². The highest BCUT2D eigenvalue weighted by molar-refractivity contribution is 5.88. The number of aryl methyl sites for hydroxylation is 2. The minimum atomic E-state index is -1.01. The van der Waals surface area contributed by atoms with E-state index in [2.05, 4.69) is 0 Å². The van der Waals surface area contributed by atoms with Gasteiger partial charge < -0.3 is 14.1 Å². The lowest BCUT2D eigenvalue weighted by atomic mass is 10.2. The van der Waals surface area contributed by atoms with Crippen molar-refractivity contribution in [3.63, 3.8) is 0 Å². The van der Waals surface area contributed by atoms with Gasteiger partial charge in [-0.25, -0.2) is 4.79 Å². The fourth-order valence-corrected chi connectivity index (χ4v) is 2.80. The molecule has 0 spiro atoms. The summed E-state index contributed by atoms with van der Waals surface area (Å²) in [7, 11) is 0. The molecule has 0 bridgehead atoms. The van der Waals surface area contributed by atoms with Crippen LogP contribution >= 0.6 is 0 Å². The van der Waals surface area contributed by atoms with Crippen LogP contribution in [0.4, 0.5) is 0 Å². The molecule has 1 aliphatic rings. The van der Waals surface area contributed by atoms with Crippen LogP contribution in [0.2, 0.25) is 0 Å². The van der Waals surface area contributed by atoms with E-state index in [4.69, 9.17) is 9.52 Å². The van der Waals surface area contributed by atoms with E-state index >= 15 is 0 Å². The largest absolute Gasteiger partial charge is 0.478 e. The van der Waals surface area contributed by atoms with Gasteiger partial charge in [0.2, 0.25) is 0 Å². The summed E-state index contributed by atoms with van der Waals surface area (Å²) in [6.45, 7) is 1.90. The zero-order chi connectivity index (χ0) is 14.3. The third-order valence-corrected chi connectivity index (χ3v) is 3.76. The monoisotopic (exact) mass is 273 g/mol. The molecule has 0 saturated carbocycles. The second-order valence-electron chi connectivity index (χ2n) is 5.07. The molecule has 0 saturated heterocycles. The zero-order valence-corrected chi connectivity index (χ0v) is 11.2. The molecule has 104 valence electrons. The molecule has 0 fully saturated rings. The Labute approximate surface area is 115 Å². The van der Waals surface area contributed by atoms with Crippen LogP contribution in [0.1, 0.15) is 39.6 Å². The standard InChI is InChI=1S/C15H15NO4/c1-9-12(15(18)19)7-11(20-9)8-16-13-4-2-3-10(13)5-6-14(16)17/h5-7H,2-4,8H2,1H3,(H,18,19). The van der Waals surface area contributed by atoms with Crippen molar-refractivity contribution in [2.45, 2.75) is 32.7 Å². The predicted octanol–water partition coefficient (Wildman–Crippen LogP) is 1.98. The van der Waals surface area contributed by atoms with Crippen molar-refractivity contribution >= 4 is 5.97 Å². The molecule has 0 aliphatic heterocycles. The normalized spacial score (nSPS) is 13.4. The van der Waals surface area contributed by atoms with E-state index in [9.17, 15) is 9.59 Å². The first-order chi connectivity index (χ1) is 9.56. The first-order valence-electron chi connectivity index (χ1n) is 6.60. The number of furan rings is 1. The molecule has 0 unspecified atom stereocenters. The molecule has 20 heavy (non-hydrogen) atoms. The van der Waals surface area contributed by atoms with Crippen molar-refractivity contribution < 1.29 is 14.3 Å². The van der Waals surface area contributed by atoms with E-state index in [0.29, 0.717) is 11.5 Å². The van der Waals surface area contributed by atoms with Crippen LogP contribution in [-0.2, 0) is 19.4 Å². The van der Waals surface area contributed by atoms with Crippen LogP contribution in [0.5, 0.6) is 0 Å². The van der Waals surface area contributed by atoms with E-state index in [1.807, 2.05) is 6.07 Å². The van der Waals surface area contributed by atoms with Gasteiger partial charge in [-0.3, -0.25) is 4.79 Å². The Kier molecular flexibility index (Phi) is 2.97. The van der Waals surface area contributed by atoms with E-state index in [0.717, 1.165) is 25.0 Å². The summed E-state index contributed by atoms with van der Waals surface area (Å²) in [6, 6.07) is 4.95.